The number of methoxy groups -OCH3 is 1. The molecule has 26 heavy (non-hydrogen) atoms. The molecule has 3 nitrogen and oxygen atoms in total. The maximum absolute atomic E-state index is 12.9. The number of para-hydroxylation sites is 1. The van der Waals surface area contributed by atoms with Crippen molar-refractivity contribution in [2.24, 2.45) is 11.8 Å². The Morgan fingerprint density at radius 3 is 2.42 bits per heavy atom. The number of hydrogen-bond acceptors (Lipinski definition) is 3. The largest absolute Gasteiger partial charge is 0.469 e. The molecule has 0 unspecified atom stereocenters. The van der Waals surface area contributed by atoms with Gasteiger partial charge in [0.05, 0.1) is 19.1 Å². The van der Waals surface area contributed by atoms with E-state index in [-0.39, 0.29) is 23.8 Å². The standard InChI is InChI=1S/C23H23NO2/c1-26-23(25)21-20-15-9-8-12-18(20)16-24(19-13-6-3-7-14-19)22(21)17-10-4-2-5-11-17/h2-7,9-11,13-16,20-22H,8,12H2,1H3/t20-,21-,22-/m1/s1. The minimum Gasteiger partial charge on any atom is -0.469 e. The van der Waals surface area contributed by atoms with Crippen molar-refractivity contribution in [3.63, 3.8) is 0 Å². The highest BCUT2D eigenvalue weighted by Crippen LogP contribution is 2.47. The summed E-state index contributed by atoms with van der Waals surface area (Å²) in [5.41, 5.74) is 3.52. The van der Waals surface area contributed by atoms with Gasteiger partial charge < -0.3 is 9.64 Å². The van der Waals surface area contributed by atoms with Gasteiger partial charge in [-0.1, -0.05) is 60.7 Å². The van der Waals surface area contributed by atoms with E-state index in [1.165, 1.54) is 12.7 Å². The average molecular weight is 345 g/mol. The maximum Gasteiger partial charge on any atom is 0.312 e. The fraction of sp³-hybridized carbons (Fsp3) is 0.261. The molecule has 4 rings (SSSR count). The molecule has 132 valence electrons. The van der Waals surface area contributed by atoms with Crippen molar-refractivity contribution in [2.45, 2.75) is 18.9 Å². The molecule has 0 spiro atoms. The Hall–Kier alpha value is -2.81. The number of allylic oxidation sites excluding steroid dienone is 3. The molecule has 0 saturated carbocycles. The fourth-order valence-electron chi connectivity index (χ4n) is 4.18. The summed E-state index contributed by atoms with van der Waals surface area (Å²) in [4.78, 5) is 15.1. The lowest BCUT2D eigenvalue weighted by Gasteiger charge is -2.44. The lowest BCUT2D eigenvalue weighted by Crippen LogP contribution is -2.43. The van der Waals surface area contributed by atoms with Crippen LogP contribution >= 0.6 is 0 Å². The van der Waals surface area contributed by atoms with Crippen molar-refractivity contribution in [3.8, 4) is 0 Å². The molecule has 1 heterocycles. The van der Waals surface area contributed by atoms with Gasteiger partial charge in [-0.25, -0.2) is 0 Å². The van der Waals surface area contributed by atoms with E-state index in [0.717, 1.165) is 24.1 Å². The zero-order valence-electron chi connectivity index (χ0n) is 14.9. The number of esters is 1. The molecule has 1 aliphatic carbocycles. The number of hydrogen-bond donors (Lipinski definition) is 0. The van der Waals surface area contributed by atoms with Crippen molar-refractivity contribution < 1.29 is 9.53 Å². The van der Waals surface area contributed by atoms with Crippen LogP contribution in [-0.4, -0.2) is 13.1 Å². The van der Waals surface area contributed by atoms with Gasteiger partial charge in [0.1, 0.15) is 0 Å². The van der Waals surface area contributed by atoms with Crippen LogP contribution in [0.4, 0.5) is 5.69 Å². The lowest BCUT2D eigenvalue weighted by molar-refractivity contribution is -0.147. The van der Waals surface area contributed by atoms with Crippen molar-refractivity contribution in [2.75, 3.05) is 12.0 Å². The molecule has 3 atom stereocenters. The first-order valence-electron chi connectivity index (χ1n) is 9.13. The summed E-state index contributed by atoms with van der Waals surface area (Å²) < 4.78 is 5.25. The number of ether oxygens (including phenoxy) is 1. The number of rotatable bonds is 3. The molecule has 0 bridgehead atoms. The number of carbonyl (C=O) groups excluding carboxylic acids is 1. The van der Waals surface area contributed by atoms with Gasteiger partial charge in [0.2, 0.25) is 0 Å². The number of benzene rings is 2. The first-order valence-corrected chi connectivity index (χ1v) is 9.13. The van der Waals surface area contributed by atoms with Crippen molar-refractivity contribution >= 4 is 11.7 Å². The Labute approximate surface area is 154 Å². The van der Waals surface area contributed by atoms with Crippen molar-refractivity contribution in [3.05, 3.63) is 90.2 Å². The summed E-state index contributed by atoms with van der Waals surface area (Å²) in [5.74, 6) is -0.317. The third-order valence-electron chi connectivity index (χ3n) is 5.37. The predicted octanol–water partition coefficient (Wildman–Crippen LogP) is 4.89. The van der Waals surface area contributed by atoms with E-state index in [1.54, 1.807) is 0 Å². The van der Waals surface area contributed by atoms with E-state index < -0.39 is 0 Å². The van der Waals surface area contributed by atoms with Gasteiger partial charge in [-0.15, -0.1) is 0 Å². The van der Waals surface area contributed by atoms with E-state index in [9.17, 15) is 4.79 Å². The molecule has 2 aromatic carbocycles. The van der Waals surface area contributed by atoms with Crippen LogP contribution in [0.2, 0.25) is 0 Å². The SMILES string of the molecule is COC(=O)[C@@H]1[C@@H]2C=CCCC2=CN(c2ccccc2)[C@@H]1c1ccccc1. The van der Waals surface area contributed by atoms with E-state index in [4.69, 9.17) is 4.74 Å². The highest BCUT2D eigenvalue weighted by molar-refractivity contribution is 5.77. The van der Waals surface area contributed by atoms with Gasteiger partial charge in [-0.05, 0) is 36.1 Å². The van der Waals surface area contributed by atoms with Gasteiger partial charge in [0.15, 0.2) is 0 Å². The smallest absolute Gasteiger partial charge is 0.312 e. The summed E-state index contributed by atoms with van der Waals surface area (Å²) in [6, 6.07) is 20.5. The minimum absolute atomic E-state index is 0.0949. The number of anilines is 1. The molecular weight excluding hydrogens is 322 g/mol. The number of carbonyl (C=O) groups is 1. The van der Waals surface area contributed by atoms with Gasteiger partial charge in [-0.2, -0.15) is 0 Å². The maximum atomic E-state index is 12.9. The van der Waals surface area contributed by atoms with E-state index in [2.05, 4.69) is 47.5 Å². The third-order valence-corrected chi connectivity index (χ3v) is 5.37. The zero-order chi connectivity index (χ0) is 17.9. The topological polar surface area (TPSA) is 29.5 Å². The normalized spacial score (nSPS) is 24.6. The van der Waals surface area contributed by atoms with Crippen LogP contribution in [0.1, 0.15) is 24.4 Å². The second-order valence-electron chi connectivity index (χ2n) is 6.84. The number of fused-ring (bicyclic) bond motifs is 1. The quantitative estimate of drug-likeness (QED) is 0.586. The molecule has 0 radical (unpaired) electrons. The Morgan fingerprint density at radius 1 is 1.04 bits per heavy atom. The molecule has 0 amide bonds. The van der Waals surface area contributed by atoms with E-state index in [0.29, 0.717) is 0 Å². The van der Waals surface area contributed by atoms with Gasteiger partial charge in [0, 0.05) is 17.8 Å². The Morgan fingerprint density at radius 2 is 1.73 bits per heavy atom. The highest BCUT2D eigenvalue weighted by atomic mass is 16.5. The molecular formula is C23H23NO2. The summed E-state index contributed by atoms with van der Waals surface area (Å²) in [5, 5.41) is 0. The van der Waals surface area contributed by atoms with Crippen LogP contribution in [0.15, 0.2) is 84.6 Å². The van der Waals surface area contributed by atoms with Crippen LogP contribution in [0.3, 0.4) is 0 Å². The zero-order valence-corrected chi connectivity index (χ0v) is 14.9. The van der Waals surface area contributed by atoms with Crippen molar-refractivity contribution in [1.82, 2.24) is 0 Å². The molecule has 2 aliphatic rings. The van der Waals surface area contributed by atoms with Crippen molar-refractivity contribution in [1.29, 1.82) is 0 Å². The Kier molecular flexibility index (Phi) is 4.61. The second-order valence-corrected chi connectivity index (χ2v) is 6.84. The Balaban J connectivity index is 1.89. The summed E-state index contributed by atoms with van der Waals surface area (Å²) in [7, 11) is 1.49. The molecule has 0 saturated heterocycles. The van der Waals surface area contributed by atoms with Gasteiger partial charge >= 0.3 is 5.97 Å². The average Bonchev–Trinajstić information content (AvgIpc) is 2.73. The monoisotopic (exact) mass is 345 g/mol. The van der Waals surface area contributed by atoms with E-state index >= 15 is 0 Å². The fourth-order valence-corrected chi connectivity index (χ4v) is 4.18. The summed E-state index contributed by atoms with van der Waals surface area (Å²) in [6.07, 6.45) is 8.64. The van der Waals surface area contributed by atoms with Crippen LogP contribution in [-0.2, 0) is 9.53 Å². The van der Waals surface area contributed by atoms with E-state index in [1.807, 2.05) is 36.4 Å². The molecule has 1 aliphatic heterocycles. The number of nitrogens with zero attached hydrogens (tertiary/aromatic N) is 1. The first-order chi connectivity index (χ1) is 12.8. The van der Waals surface area contributed by atoms with Crippen LogP contribution in [0.25, 0.3) is 0 Å². The highest BCUT2D eigenvalue weighted by Gasteiger charge is 2.44. The van der Waals surface area contributed by atoms with Crippen LogP contribution in [0, 0.1) is 11.8 Å². The van der Waals surface area contributed by atoms with Crippen LogP contribution in [0.5, 0.6) is 0 Å². The second kappa shape index (κ2) is 7.20. The molecule has 3 heteroatoms. The molecule has 0 N–H and O–H groups in total. The predicted molar refractivity (Wildman–Crippen MR) is 104 cm³/mol. The molecule has 2 aromatic rings. The van der Waals surface area contributed by atoms with Gasteiger partial charge in [-0.3, -0.25) is 4.79 Å². The summed E-state index contributed by atoms with van der Waals surface area (Å²) >= 11 is 0. The van der Waals surface area contributed by atoms with Crippen LogP contribution < -0.4 is 4.90 Å². The minimum atomic E-state index is -0.265. The third kappa shape index (κ3) is 2.94. The lowest BCUT2D eigenvalue weighted by atomic mass is 9.72. The molecule has 0 aromatic heterocycles. The Bertz CT molecular complexity index is 826. The van der Waals surface area contributed by atoms with Gasteiger partial charge in [0.25, 0.3) is 0 Å². The summed E-state index contributed by atoms with van der Waals surface area (Å²) in [6.45, 7) is 0. The molecule has 0 fully saturated rings. The first kappa shape index (κ1) is 16.6.